The fourth-order valence-electron chi connectivity index (χ4n) is 6.10. The third-order valence-corrected chi connectivity index (χ3v) is 7.87. The molecule has 4 saturated carbocycles. The minimum atomic E-state index is 0.0990. The van der Waals surface area contributed by atoms with E-state index in [0.29, 0.717) is 5.13 Å². The predicted octanol–water partition coefficient (Wildman–Crippen LogP) is 4.30. The van der Waals surface area contributed by atoms with Crippen molar-refractivity contribution in [3.05, 3.63) is 17.2 Å². The average molecular weight is 343 g/mol. The smallest absolute Gasteiger partial charge is 0.229 e. The Morgan fingerprint density at radius 1 is 1.08 bits per heavy atom. The average Bonchev–Trinajstić information content (AvgIpc) is 3.04. The van der Waals surface area contributed by atoms with Crippen LogP contribution in [0.4, 0.5) is 5.13 Å². The first-order valence-corrected chi connectivity index (χ1v) is 10.3. The molecule has 1 amide bonds. The van der Waals surface area contributed by atoms with Crippen LogP contribution in [0.25, 0.3) is 0 Å². The molecular weight excluding hydrogens is 318 g/mol. The van der Waals surface area contributed by atoms with E-state index in [1.807, 2.05) is 0 Å². The molecule has 1 aromatic heterocycles. The molecule has 0 saturated heterocycles. The Morgan fingerprint density at radius 3 is 2.42 bits per heavy atom. The van der Waals surface area contributed by atoms with Gasteiger partial charge in [0.15, 0.2) is 0 Å². The van der Waals surface area contributed by atoms with Crippen LogP contribution in [0.1, 0.15) is 62.8 Å². The fraction of sp³-hybridized carbons (Fsp3) is 0.737. The van der Waals surface area contributed by atoms with Gasteiger partial charge in [-0.25, -0.2) is 0 Å². The molecule has 0 spiro atoms. The summed E-state index contributed by atoms with van der Waals surface area (Å²) < 4.78 is 0. The quantitative estimate of drug-likeness (QED) is 0.833. The lowest BCUT2D eigenvalue weighted by Gasteiger charge is -2.55. The van der Waals surface area contributed by atoms with Gasteiger partial charge in [0.25, 0.3) is 0 Å². The van der Waals surface area contributed by atoms with Gasteiger partial charge in [-0.1, -0.05) is 23.5 Å². The summed E-state index contributed by atoms with van der Waals surface area (Å²) in [4.78, 5) is 12.4. The summed E-state index contributed by atoms with van der Waals surface area (Å²) in [5.41, 5.74) is 0.281. The van der Waals surface area contributed by atoms with E-state index in [0.717, 1.165) is 37.0 Å². The number of allylic oxidation sites excluding steroid dienone is 2. The van der Waals surface area contributed by atoms with E-state index in [1.54, 1.807) is 11.3 Å². The summed E-state index contributed by atoms with van der Waals surface area (Å²) in [6, 6.07) is 0. The number of carbonyl (C=O) groups excluding carboxylic acids is 1. The van der Waals surface area contributed by atoms with E-state index in [4.69, 9.17) is 0 Å². The number of nitrogens with one attached hydrogen (secondary N) is 1. The second-order valence-electron chi connectivity index (χ2n) is 8.58. The van der Waals surface area contributed by atoms with Crippen LogP contribution in [0.5, 0.6) is 0 Å². The number of aromatic nitrogens is 2. The zero-order chi connectivity index (χ0) is 16.1. The fourth-order valence-corrected chi connectivity index (χ4v) is 7.06. The molecule has 6 rings (SSSR count). The molecule has 4 fully saturated rings. The molecule has 5 aliphatic carbocycles. The number of nitrogens with zero attached hydrogens (tertiary/aromatic N) is 2. The molecule has 4 bridgehead atoms. The number of hydrogen-bond donors (Lipinski definition) is 1. The zero-order valence-electron chi connectivity index (χ0n) is 14.0. The summed E-state index contributed by atoms with van der Waals surface area (Å²) in [6.45, 7) is 0. The molecule has 1 unspecified atom stereocenters. The Balaban J connectivity index is 1.32. The predicted molar refractivity (Wildman–Crippen MR) is 94.9 cm³/mol. The monoisotopic (exact) mass is 343 g/mol. The Hall–Kier alpha value is -1.23. The van der Waals surface area contributed by atoms with E-state index in [2.05, 4.69) is 27.7 Å². The van der Waals surface area contributed by atoms with Crippen LogP contribution in [-0.4, -0.2) is 16.1 Å². The van der Waals surface area contributed by atoms with Crippen LogP contribution in [-0.2, 0) is 10.2 Å². The van der Waals surface area contributed by atoms with E-state index in [-0.39, 0.29) is 17.2 Å². The molecule has 128 valence electrons. The van der Waals surface area contributed by atoms with Crippen molar-refractivity contribution in [1.29, 1.82) is 0 Å². The maximum absolute atomic E-state index is 12.4. The standard InChI is InChI=1S/C19H25N3OS/c23-16(15-4-2-1-3-5-15)20-18-22-21-17(24-18)19-9-12-6-13(10-19)8-14(7-12)11-19/h1-2,12-15H,3-11H2,(H,20,22,23). The third-order valence-electron chi connectivity index (χ3n) is 6.79. The first kappa shape index (κ1) is 15.1. The first-order valence-electron chi connectivity index (χ1n) is 9.50. The van der Waals surface area contributed by atoms with E-state index in [1.165, 1.54) is 43.5 Å². The SMILES string of the molecule is O=C(Nc1nnc(C23CC4CC(CC(C4)C2)C3)s1)C1CC=CCC1. The number of carbonyl (C=O) groups is 1. The Labute approximate surface area is 147 Å². The lowest BCUT2D eigenvalue weighted by atomic mass is 9.50. The number of hydrogen-bond acceptors (Lipinski definition) is 4. The minimum Gasteiger partial charge on any atom is -0.300 e. The highest BCUT2D eigenvalue weighted by molar-refractivity contribution is 7.15. The van der Waals surface area contributed by atoms with Crippen molar-refractivity contribution in [1.82, 2.24) is 10.2 Å². The van der Waals surface area contributed by atoms with Gasteiger partial charge in [-0.15, -0.1) is 10.2 Å². The summed E-state index contributed by atoms with van der Waals surface area (Å²) in [5, 5.41) is 13.8. The van der Waals surface area contributed by atoms with Crippen molar-refractivity contribution >= 4 is 22.4 Å². The van der Waals surface area contributed by atoms with Crippen LogP contribution in [0.3, 0.4) is 0 Å². The second kappa shape index (κ2) is 5.65. The number of rotatable bonds is 3. The van der Waals surface area contributed by atoms with Crippen molar-refractivity contribution in [2.24, 2.45) is 23.7 Å². The van der Waals surface area contributed by atoms with Crippen molar-refractivity contribution in [2.75, 3.05) is 5.32 Å². The van der Waals surface area contributed by atoms with E-state index >= 15 is 0 Å². The largest absolute Gasteiger partial charge is 0.300 e. The van der Waals surface area contributed by atoms with Gasteiger partial charge in [0.1, 0.15) is 5.01 Å². The van der Waals surface area contributed by atoms with Crippen molar-refractivity contribution < 1.29 is 4.79 Å². The van der Waals surface area contributed by atoms with Crippen molar-refractivity contribution in [3.8, 4) is 0 Å². The molecule has 1 aromatic rings. The normalized spacial score (nSPS) is 40.0. The van der Waals surface area contributed by atoms with E-state index in [9.17, 15) is 4.79 Å². The maximum Gasteiger partial charge on any atom is 0.229 e. The van der Waals surface area contributed by atoms with Gasteiger partial charge >= 0.3 is 0 Å². The summed E-state index contributed by atoms with van der Waals surface area (Å²) >= 11 is 1.64. The molecule has 5 aliphatic rings. The molecule has 1 atom stereocenters. The second-order valence-corrected chi connectivity index (χ2v) is 9.56. The highest BCUT2D eigenvalue weighted by Crippen LogP contribution is 2.61. The van der Waals surface area contributed by atoms with Gasteiger partial charge in [0.05, 0.1) is 0 Å². The number of anilines is 1. The summed E-state index contributed by atoms with van der Waals surface area (Å²) in [6.07, 6.45) is 15.3. The number of amides is 1. The van der Waals surface area contributed by atoms with Crippen LogP contribution >= 0.6 is 11.3 Å². The molecule has 0 radical (unpaired) electrons. The molecule has 1 N–H and O–H groups in total. The van der Waals surface area contributed by atoms with Crippen molar-refractivity contribution in [3.63, 3.8) is 0 Å². The maximum atomic E-state index is 12.4. The van der Waals surface area contributed by atoms with Gasteiger partial charge in [-0.3, -0.25) is 4.79 Å². The van der Waals surface area contributed by atoms with Crippen LogP contribution < -0.4 is 5.32 Å². The van der Waals surface area contributed by atoms with Crippen LogP contribution in [0, 0.1) is 23.7 Å². The Morgan fingerprint density at radius 2 is 1.79 bits per heavy atom. The Bertz CT molecular complexity index is 645. The van der Waals surface area contributed by atoms with Crippen LogP contribution in [0.15, 0.2) is 12.2 Å². The molecule has 1 heterocycles. The van der Waals surface area contributed by atoms with E-state index < -0.39 is 0 Å². The van der Waals surface area contributed by atoms with Crippen molar-refractivity contribution in [2.45, 2.75) is 63.2 Å². The van der Waals surface area contributed by atoms with Gasteiger partial charge in [-0.2, -0.15) is 0 Å². The zero-order valence-corrected chi connectivity index (χ0v) is 14.9. The highest BCUT2D eigenvalue weighted by Gasteiger charge is 2.53. The first-order chi connectivity index (χ1) is 11.7. The molecular formula is C19H25N3OS. The Kier molecular flexibility index (Phi) is 3.55. The molecule has 4 nitrogen and oxygen atoms in total. The molecule has 0 aliphatic heterocycles. The van der Waals surface area contributed by atoms with Crippen LogP contribution in [0.2, 0.25) is 0 Å². The van der Waals surface area contributed by atoms with Gasteiger partial charge in [0.2, 0.25) is 11.0 Å². The summed E-state index contributed by atoms with van der Waals surface area (Å²) in [7, 11) is 0. The van der Waals surface area contributed by atoms with Gasteiger partial charge in [-0.05, 0) is 75.5 Å². The third kappa shape index (κ3) is 2.52. The topological polar surface area (TPSA) is 54.9 Å². The molecule has 0 aromatic carbocycles. The lowest BCUT2D eigenvalue weighted by molar-refractivity contribution is -0.120. The molecule has 24 heavy (non-hydrogen) atoms. The molecule has 5 heteroatoms. The van der Waals surface area contributed by atoms with Gasteiger partial charge in [0, 0.05) is 11.3 Å². The van der Waals surface area contributed by atoms with Gasteiger partial charge < -0.3 is 5.32 Å². The lowest BCUT2D eigenvalue weighted by Crippen LogP contribution is -2.48. The highest BCUT2D eigenvalue weighted by atomic mass is 32.1. The summed E-state index contributed by atoms with van der Waals surface area (Å²) in [5.74, 6) is 2.95. The minimum absolute atomic E-state index is 0.0990.